The van der Waals surface area contributed by atoms with Gasteiger partial charge >= 0.3 is 0 Å². The number of likely N-dealkylation sites (N-methyl/N-ethyl adjacent to an activating group) is 1. The second kappa shape index (κ2) is 6.56. The summed E-state index contributed by atoms with van der Waals surface area (Å²) < 4.78 is 5.24. The van der Waals surface area contributed by atoms with E-state index in [1.807, 2.05) is 45.8 Å². The number of pyridine rings is 1. The summed E-state index contributed by atoms with van der Waals surface area (Å²) in [4.78, 5) is 18.4. The lowest BCUT2D eigenvalue weighted by Crippen LogP contribution is -2.49. The number of nitrogens with zero attached hydrogens (tertiary/aromatic N) is 2. The fourth-order valence-corrected chi connectivity index (χ4v) is 1.87. The van der Waals surface area contributed by atoms with E-state index in [-0.39, 0.29) is 5.91 Å². The van der Waals surface area contributed by atoms with Crippen LogP contribution in [0.15, 0.2) is 12.3 Å². The number of amides is 1. The summed E-state index contributed by atoms with van der Waals surface area (Å²) in [5.41, 5.74) is 0.757. The number of ether oxygens (including phenoxy) is 1. The summed E-state index contributed by atoms with van der Waals surface area (Å²) in [6.45, 7) is 6.35. The average molecular weight is 280 g/mol. The number of nitrogens with one attached hydrogen (secondary N) is 2. The molecule has 6 nitrogen and oxygen atoms in total. The van der Waals surface area contributed by atoms with E-state index in [0.29, 0.717) is 18.1 Å². The van der Waals surface area contributed by atoms with Gasteiger partial charge in [0, 0.05) is 20.3 Å². The third-order valence-corrected chi connectivity index (χ3v) is 2.99. The third-order valence-electron chi connectivity index (χ3n) is 2.99. The van der Waals surface area contributed by atoms with Crippen LogP contribution in [0.2, 0.25) is 0 Å². The highest BCUT2D eigenvalue weighted by atomic mass is 16.5. The van der Waals surface area contributed by atoms with Gasteiger partial charge in [-0.05, 0) is 26.5 Å². The van der Waals surface area contributed by atoms with Gasteiger partial charge in [0.15, 0.2) is 0 Å². The molecule has 1 amide bonds. The van der Waals surface area contributed by atoms with Gasteiger partial charge in [0.1, 0.15) is 5.69 Å². The highest BCUT2D eigenvalue weighted by Gasteiger charge is 2.28. The van der Waals surface area contributed by atoms with E-state index in [4.69, 9.17) is 4.74 Å². The number of methoxy groups -OCH3 is 1. The number of rotatable bonds is 6. The van der Waals surface area contributed by atoms with E-state index in [0.717, 1.165) is 5.69 Å². The molecule has 0 radical (unpaired) electrons. The van der Waals surface area contributed by atoms with E-state index in [2.05, 4.69) is 15.6 Å². The van der Waals surface area contributed by atoms with Crippen molar-refractivity contribution in [2.45, 2.75) is 26.3 Å². The maximum absolute atomic E-state index is 12.4. The zero-order chi connectivity index (χ0) is 15.3. The largest absolute Gasteiger partial charge is 0.479 e. The van der Waals surface area contributed by atoms with E-state index in [1.54, 1.807) is 6.20 Å². The van der Waals surface area contributed by atoms with E-state index in [9.17, 15) is 4.79 Å². The van der Waals surface area contributed by atoms with Crippen molar-refractivity contribution >= 4 is 17.3 Å². The standard InChI is InChI=1S/C14H24N4O2/c1-7-16-14(2,3)13(19)17-11-10(18(4)5)8-9-15-12(11)20-6/h8-9,16H,7H2,1-6H3,(H,17,19). The zero-order valence-electron chi connectivity index (χ0n) is 13.1. The van der Waals surface area contributed by atoms with Crippen molar-refractivity contribution < 1.29 is 9.53 Å². The number of carbonyl (C=O) groups excluding carboxylic acids is 1. The third kappa shape index (κ3) is 3.60. The lowest BCUT2D eigenvalue weighted by Gasteiger charge is -2.26. The van der Waals surface area contributed by atoms with Crippen molar-refractivity contribution in [3.05, 3.63) is 12.3 Å². The van der Waals surface area contributed by atoms with Crippen molar-refractivity contribution in [3.8, 4) is 5.88 Å². The summed E-state index contributed by atoms with van der Waals surface area (Å²) in [6.07, 6.45) is 1.65. The van der Waals surface area contributed by atoms with Gasteiger partial charge in [-0.1, -0.05) is 6.92 Å². The van der Waals surface area contributed by atoms with Crippen LogP contribution in [-0.2, 0) is 4.79 Å². The fraction of sp³-hybridized carbons (Fsp3) is 0.571. The van der Waals surface area contributed by atoms with Crippen molar-refractivity contribution in [3.63, 3.8) is 0 Å². The molecule has 0 spiro atoms. The summed E-state index contributed by atoms with van der Waals surface area (Å²) in [7, 11) is 5.34. The highest BCUT2D eigenvalue weighted by molar-refractivity contribution is 6.01. The van der Waals surface area contributed by atoms with Crippen molar-refractivity contribution in [1.29, 1.82) is 0 Å². The van der Waals surface area contributed by atoms with Crippen molar-refractivity contribution in [2.24, 2.45) is 0 Å². The molecule has 0 aliphatic rings. The predicted molar refractivity (Wildman–Crippen MR) is 81.5 cm³/mol. The fourth-order valence-electron chi connectivity index (χ4n) is 1.87. The van der Waals surface area contributed by atoms with Crippen LogP contribution in [0.5, 0.6) is 5.88 Å². The number of hydrogen-bond acceptors (Lipinski definition) is 5. The minimum Gasteiger partial charge on any atom is -0.479 e. The maximum Gasteiger partial charge on any atom is 0.244 e. The van der Waals surface area contributed by atoms with Crippen LogP contribution in [0, 0.1) is 0 Å². The Kier molecular flexibility index (Phi) is 5.33. The Balaban J connectivity index is 3.10. The zero-order valence-corrected chi connectivity index (χ0v) is 13.1. The summed E-state index contributed by atoms with van der Waals surface area (Å²) >= 11 is 0. The SMILES string of the molecule is CCNC(C)(C)C(=O)Nc1c(N(C)C)ccnc1OC. The number of hydrogen-bond donors (Lipinski definition) is 2. The van der Waals surface area contributed by atoms with E-state index >= 15 is 0 Å². The first-order valence-electron chi connectivity index (χ1n) is 6.60. The Labute approximate surface area is 120 Å². The first-order chi connectivity index (χ1) is 9.33. The van der Waals surface area contributed by atoms with Crippen LogP contribution in [-0.4, -0.2) is 44.2 Å². The maximum atomic E-state index is 12.4. The number of anilines is 2. The Bertz CT molecular complexity index is 472. The Hall–Kier alpha value is -1.82. The van der Waals surface area contributed by atoms with Crippen LogP contribution in [0.25, 0.3) is 0 Å². The van der Waals surface area contributed by atoms with Crippen LogP contribution < -0.4 is 20.3 Å². The van der Waals surface area contributed by atoms with Gasteiger partial charge in [-0.15, -0.1) is 0 Å². The Morgan fingerprint density at radius 3 is 2.60 bits per heavy atom. The first-order valence-corrected chi connectivity index (χ1v) is 6.60. The van der Waals surface area contributed by atoms with Crippen molar-refractivity contribution in [1.82, 2.24) is 10.3 Å². The normalized spacial score (nSPS) is 11.1. The van der Waals surface area contributed by atoms with Gasteiger partial charge in [-0.2, -0.15) is 0 Å². The molecule has 1 rings (SSSR count). The molecule has 1 aromatic heterocycles. The van der Waals surface area contributed by atoms with Crippen LogP contribution >= 0.6 is 0 Å². The van der Waals surface area contributed by atoms with Crippen LogP contribution in [0.4, 0.5) is 11.4 Å². The molecule has 6 heteroatoms. The molecule has 1 heterocycles. The summed E-state index contributed by atoms with van der Waals surface area (Å²) in [5.74, 6) is 0.269. The minimum atomic E-state index is -0.667. The van der Waals surface area contributed by atoms with Gasteiger partial charge in [-0.3, -0.25) is 4.79 Å². The van der Waals surface area contributed by atoms with E-state index in [1.165, 1.54) is 7.11 Å². The van der Waals surface area contributed by atoms with E-state index < -0.39 is 5.54 Å². The number of aromatic nitrogens is 1. The van der Waals surface area contributed by atoms with Gasteiger partial charge in [0.2, 0.25) is 11.8 Å². The van der Waals surface area contributed by atoms with Crippen LogP contribution in [0.1, 0.15) is 20.8 Å². The molecule has 112 valence electrons. The molecule has 0 unspecified atom stereocenters. The Morgan fingerprint density at radius 1 is 1.45 bits per heavy atom. The molecular formula is C14H24N4O2. The first kappa shape index (κ1) is 16.2. The monoisotopic (exact) mass is 280 g/mol. The molecule has 2 N–H and O–H groups in total. The second-order valence-electron chi connectivity index (χ2n) is 5.22. The number of carbonyl (C=O) groups is 1. The summed E-state index contributed by atoms with van der Waals surface area (Å²) in [5, 5.41) is 6.05. The Morgan fingerprint density at radius 2 is 2.10 bits per heavy atom. The quantitative estimate of drug-likeness (QED) is 0.826. The van der Waals surface area contributed by atoms with Crippen LogP contribution in [0.3, 0.4) is 0 Å². The molecule has 0 saturated carbocycles. The molecule has 20 heavy (non-hydrogen) atoms. The second-order valence-corrected chi connectivity index (χ2v) is 5.22. The molecule has 0 bridgehead atoms. The highest BCUT2D eigenvalue weighted by Crippen LogP contribution is 2.32. The van der Waals surface area contributed by atoms with Gasteiger partial charge in [-0.25, -0.2) is 4.98 Å². The molecule has 0 atom stereocenters. The predicted octanol–water partition coefficient (Wildman–Crippen LogP) is 1.48. The molecular weight excluding hydrogens is 256 g/mol. The molecule has 0 aromatic carbocycles. The summed E-state index contributed by atoms with van der Waals surface area (Å²) in [6, 6.07) is 1.83. The molecule has 0 fully saturated rings. The van der Waals surface area contributed by atoms with Gasteiger partial charge in [0.25, 0.3) is 0 Å². The lowest BCUT2D eigenvalue weighted by molar-refractivity contribution is -0.121. The lowest BCUT2D eigenvalue weighted by atomic mass is 10.0. The van der Waals surface area contributed by atoms with Gasteiger partial charge < -0.3 is 20.3 Å². The van der Waals surface area contributed by atoms with Crippen molar-refractivity contribution in [2.75, 3.05) is 38.0 Å². The average Bonchev–Trinajstić information content (AvgIpc) is 2.38. The molecule has 0 aliphatic carbocycles. The smallest absolute Gasteiger partial charge is 0.244 e. The van der Waals surface area contributed by atoms with Gasteiger partial charge in [0.05, 0.1) is 18.3 Å². The molecule has 0 saturated heterocycles. The molecule has 0 aliphatic heterocycles. The minimum absolute atomic E-state index is 0.131. The molecule has 1 aromatic rings. The topological polar surface area (TPSA) is 66.5 Å².